The van der Waals surface area contributed by atoms with Crippen LogP contribution in [0.2, 0.25) is 0 Å². The van der Waals surface area contributed by atoms with Crippen LogP contribution in [0, 0.1) is 13.5 Å². The fourth-order valence-corrected chi connectivity index (χ4v) is 2.38. The Morgan fingerprint density at radius 3 is 2.86 bits per heavy atom. The van der Waals surface area contributed by atoms with Crippen molar-refractivity contribution in [2.24, 2.45) is 0 Å². The molecule has 0 fully saturated rings. The van der Waals surface area contributed by atoms with E-state index in [-0.39, 0.29) is 12.2 Å². The number of aromatic nitrogens is 2. The molecule has 0 aliphatic heterocycles. The number of carbonyl (C=O) groups is 1. The third-order valence-corrected chi connectivity index (χ3v) is 3.47. The first-order valence-corrected chi connectivity index (χ1v) is 6.89. The van der Waals surface area contributed by atoms with Gasteiger partial charge in [-0.15, -0.1) is 0 Å². The van der Waals surface area contributed by atoms with Gasteiger partial charge < -0.3 is 0 Å². The summed E-state index contributed by atoms with van der Waals surface area (Å²) in [6.45, 7) is 8.98. The summed E-state index contributed by atoms with van der Waals surface area (Å²) in [4.78, 5) is 24.4. The molecule has 0 aliphatic carbocycles. The summed E-state index contributed by atoms with van der Waals surface area (Å²) in [5.41, 5.74) is 3.48. The van der Waals surface area contributed by atoms with E-state index in [2.05, 4.69) is 14.8 Å². The number of aryl methyl sites for hydroxylation is 1. The maximum absolute atomic E-state index is 12.4. The Bertz CT molecular complexity index is 910. The number of pyridine rings is 2. The van der Waals surface area contributed by atoms with Crippen LogP contribution in [0.1, 0.15) is 21.7 Å². The van der Waals surface area contributed by atoms with Crippen molar-refractivity contribution in [1.29, 1.82) is 0 Å². The standard InChI is InChI=1S/C18H13N3O/c1-12-4-3-5-17(21-12)18(22)10-13-8-9-20-16-7-6-14(19-2)11-15(13)16/h3-9,11H,10H2,1H3. The third-order valence-electron chi connectivity index (χ3n) is 3.47. The lowest BCUT2D eigenvalue weighted by atomic mass is 10.0. The van der Waals surface area contributed by atoms with Gasteiger partial charge in [0.1, 0.15) is 5.69 Å². The number of ketones is 1. The molecule has 0 aliphatic rings. The van der Waals surface area contributed by atoms with Crippen molar-refractivity contribution in [2.45, 2.75) is 13.3 Å². The van der Waals surface area contributed by atoms with Crippen molar-refractivity contribution >= 4 is 22.4 Å². The van der Waals surface area contributed by atoms with E-state index in [9.17, 15) is 4.79 Å². The summed E-state index contributed by atoms with van der Waals surface area (Å²) in [5, 5.41) is 0.844. The predicted molar refractivity (Wildman–Crippen MR) is 85.0 cm³/mol. The summed E-state index contributed by atoms with van der Waals surface area (Å²) >= 11 is 0. The molecule has 0 spiro atoms. The number of Topliss-reactive ketones (excluding diaryl/α,β-unsaturated/α-hetero) is 1. The lowest BCUT2D eigenvalue weighted by Crippen LogP contribution is -2.07. The molecule has 1 aromatic carbocycles. The molecule has 4 heteroatoms. The summed E-state index contributed by atoms with van der Waals surface area (Å²) in [5.74, 6) is -0.0376. The van der Waals surface area contributed by atoms with Gasteiger partial charge in [-0.1, -0.05) is 12.1 Å². The topological polar surface area (TPSA) is 47.2 Å². The molecular weight excluding hydrogens is 274 g/mol. The van der Waals surface area contributed by atoms with Gasteiger partial charge in [-0.2, -0.15) is 0 Å². The zero-order chi connectivity index (χ0) is 15.5. The average Bonchev–Trinajstić information content (AvgIpc) is 2.54. The van der Waals surface area contributed by atoms with E-state index in [1.165, 1.54) is 0 Å². The van der Waals surface area contributed by atoms with Gasteiger partial charge in [0.15, 0.2) is 11.5 Å². The lowest BCUT2D eigenvalue weighted by Gasteiger charge is -2.06. The Balaban J connectivity index is 2.00. The maximum Gasteiger partial charge on any atom is 0.188 e. The van der Waals surface area contributed by atoms with E-state index >= 15 is 0 Å². The highest BCUT2D eigenvalue weighted by Crippen LogP contribution is 2.23. The van der Waals surface area contributed by atoms with Crippen molar-refractivity contribution in [3.8, 4) is 0 Å². The van der Waals surface area contributed by atoms with Crippen LogP contribution in [0.5, 0.6) is 0 Å². The molecule has 0 radical (unpaired) electrons. The number of hydrogen-bond donors (Lipinski definition) is 0. The second kappa shape index (κ2) is 5.74. The van der Waals surface area contributed by atoms with Gasteiger partial charge in [0, 0.05) is 18.3 Å². The quantitative estimate of drug-likeness (QED) is 0.542. The van der Waals surface area contributed by atoms with E-state index in [4.69, 9.17) is 6.57 Å². The number of carbonyl (C=O) groups excluding carboxylic acids is 1. The zero-order valence-electron chi connectivity index (χ0n) is 12.1. The Hall–Kier alpha value is -3.06. The Labute approximate surface area is 128 Å². The lowest BCUT2D eigenvalue weighted by molar-refractivity contribution is 0.0988. The average molecular weight is 287 g/mol. The first kappa shape index (κ1) is 13.9. The number of fused-ring (bicyclic) bond motifs is 1. The predicted octanol–water partition coefficient (Wildman–Crippen LogP) is 3.91. The highest BCUT2D eigenvalue weighted by Gasteiger charge is 2.11. The van der Waals surface area contributed by atoms with Crippen LogP contribution in [0.25, 0.3) is 15.7 Å². The van der Waals surface area contributed by atoms with Gasteiger partial charge in [0.2, 0.25) is 0 Å². The highest BCUT2D eigenvalue weighted by atomic mass is 16.1. The Kier molecular flexibility index (Phi) is 3.63. The van der Waals surface area contributed by atoms with Crippen LogP contribution in [0.15, 0.2) is 48.7 Å². The first-order valence-electron chi connectivity index (χ1n) is 6.89. The van der Waals surface area contributed by atoms with Crippen molar-refractivity contribution in [2.75, 3.05) is 0 Å². The molecule has 0 N–H and O–H groups in total. The minimum Gasteiger partial charge on any atom is -0.292 e. The summed E-state index contributed by atoms with van der Waals surface area (Å²) < 4.78 is 0. The second-order valence-electron chi connectivity index (χ2n) is 5.05. The highest BCUT2D eigenvalue weighted by molar-refractivity contribution is 5.98. The number of hydrogen-bond acceptors (Lipinski definition) is 3. The number of nitrogens with zero attached hydrogens (tertiary/aromatic N) is 3. The van der Waals surface area contributed by atoms with Gasteiger partial charge in [-0.05, 0) is 48.2 Å². The van der Waals surface area contributed by atoms with Gasteiger partial charge in [-0.3, -0.25) is 14.8 Å². The van der Waals surface area contributed by atoms with E-state index < -0.39 is 0 Å². The van der Waals surface area contributed by atoms with Gasteiger partial charge >= 0.3 is 0 Å². The molecule has 0 bridgehead atoms. The third kappa shape index (κ3) is 2.70. The molecule has 0 atom stereocenters. The Morgan fingerprint density at radius 1 is 1.23 bits per heavy atom. The normalized spacial score (nSPS) is 10.4. The second-order valence-corrected chi connectivity index (χ2v) is 5.05. The van der Waals surface area contributed by atoms with Gasteiger partial charge in [0.25, 0.3) is 0 Å². The fraction of sp³-hybridized carbons (Fsp3) is 0.111. The maximum atomic E-state index is 12.4. The smallest absolute Gasteiger partial charge is 0.188 e. The molecule has 106 valence electrons. The van der Waals surface area contributed by atoms with Crippen LogP contribution >= 0.6 is 0 Å². The van der Waals surface area contributed by atoms with Crippen LogP contribution in [-0.4, -0.2) is 15.8 Å². The van der Waals surface area contributed by atoms with E-state index in [1.807, 2.05) is 31.2 Å². The van der Waals surface area contributed by atoms with Crippen molar-refractivity contribution in [3.63, 3.8) is 0 Å². The van der Waals surface area contributed by atoms with Crippen molar-refractivity contribution < 1.29 is 4.79 Å². The first-order chi connectivity index (χ1) is 10.7. The summed E-state index contributed by atoms with van der Waals surface area (Å²) in [7, 11) is 0. The van der Waals surface area contributed by atoms with Crippen LogP contribution in [0.3, 0.4) is 0 Å². The monoisotopic (exact) mass is 287 g/mol. The van der Waals surface area contributed by atoms with E-state index in [0.717, 1.165) is 22.2 Å². The van der Waals surface area contributed by atoms with Gasteiger partial charge in [-0.25, -0.2) is 4.85 Å². The molecule has 3 aromatic rings. The zero-order valence-corrected chi connectivity index (χ0v) is 12.1. The molecule has 2 aromatic heterocycles. The number of benzene rings is 1. The van der Waals surface area contributed by atoms with Crippen LogP contribution in [-0.2, 0) is 6.42 Å². The molecule has 0 amide bonds. The fourth-order valence-electron chi connectivity index (χ4n) is 2.38. The molecule has 4 nitrogen and oxygen atoms in total. The van der Waals surface area contributed by atoms with Crippen molar-refractivity contribution in [3.05, 3.63) is 77.0 Å². The van der Waals surface area contributed by atoms with Gasteiger partial charge in [0.05, 0.1) is 12.1 Å². The largest absolute Gasteiger partial charge is 0.292 e. The van der Waals surface area contributed by atoms with E-state index in [0.29, 0.717) is 11.4 Å². The minimum absolute atomic E-state index is 0.0376. The summed E-state index contributed by atoms with van der Waals surface area (Å²) in [6, 6.07) is 12.6. The molecule has 0 unspecified atom stereocenters. The number of rotatable bonds is 3. The van der Waals surface area contributed by atoms with Crippen LogP contribution in [0.4, 0.5) is 5.69 Å². The van der Waals surface area contributed by atoms with Crippen molar-refractivity contribution in [1.82, 2.24) is 9.97 Å². The van der Waals surface area contributed by atoms with E-state index in [1.54, 1.807) is 24.4 Å². The molecule has 0 saturated heterocycles. The molecule has 3 rings (SSSR count). The SMILES string of the molecule is [C-]#[N+]c1ccc2nccc(CC(=O)c3cccc(C)n3)c2c1. The Morgan fingerprint density at radius 2 is 2.09 bits per heavy atom. The summed E-state index contributed by atoms with van der Waals surface area (Å²) in [6.07, 6.45) is 1.93. The molecular formula is C18H13N3O. The molecule has 2 heterocycles. The molecule has 22 heavy (non-hydrogen) atoms. The van der Waals surface area contributed by atoms with Crippen LogP contribution < -0.4 is 0 Å². The molecule has 0 saturated carbocycles. The minimum atomic E-state index is -0.0376.